The second kappa shape index (κ2) is 4.61. The topological polar surface area (TPSA) is 86.5 Å². The third-order valence-electron chi connectivity index (χ3n) is 2.99. The van der Waals surface area contributed by atoms with E-state index in [9.17, 15) is 10.1 Å². The van der Waals surface area contributed by atoms with Crippen molar-refractivity contribution >= 4 is 33.1 Å². The van der Waals surface area contributed by atoms with Crippen molar-refractivity contribution in [2.24, 2.45) is 0 Å². The normalized spacial score (nSPS) is 10.8. The molecule has 1 aromatic carbocycles. The van der Waals surface area contributed by atoms with E-state index in [1.165, 1.54) is 12.1 Å². The summed E-state index contributed by atoms with van der Waals surface area (Å²) in [7, 11) is 0. The Bertz CT molecular complexity index is 811. The van der Waals surface area contributed by atoms with E-state index >= 15 is 0 Å². The molecule has 0 saturated heterocycles. The fourth-order valence-corrected chi connectivity index (χ4v) is 2.44. The number of imidazole rings is 1. The number of nitrogens with two attached hydrogens (primary N) is 1. The van der Waals surface area contributed by atoms with E-state index in [1.807, 2.05) is 18.3 Å². The fraction of sp³-hybridized carbons (Fsp3) is 0. The molecule has 0 amide bonds. The van der Waals surface area contributed by atoms with E-state index in [1.54, 1.807) is 16.5 Å². The molecule has 2 heterocycles. The van der Waals surface area contributed by atoms with Crippen molar-refractivity contribution in [1.29, 1.82) is 0 Å². The highest BCUT2D eigenvalue weighted by atomic mass is 79.9. The number of hydrogen-bond donors (Lipinski definition) is 1. The lowest BCUT2D eigenvalue weighted by molar-refractivity contribution is -0.384. The average Bonchev–Trinajstić information content (AvgIpc) is 2.78. The summed E-state index contributed by atoms with van der Waals surface area (Å²) in [5.41, 5.74) is 8.17. The van der Waals surface area contributed by atoms with Gasteiger partial charge in [-0.3, -0.25) is 14.5 Å². The van der Waals surface area contributed by atoms with Gasteiger partial charge in [0.1, 0.15) is 11.5 Å². The van der Waals surface area contributed by atoms with Gasteiger partial charge in [-0.15, -0.1) is 0 Å². The summed E-state index contributed by atoms with van der Waals surface area (Å²) < 4.78 is 2.60. The first-order valence-corrected chi connectivity index (χ1v) is 6.54. The fourth-order valence-electron chi connectivity index (χ4n) is 2.01. The van der Waals surface area contributed by atoms with Crippen LogP contribution in [0.4, 0.5) is 11.5 Å². The number of fused-ring (bicyclic) bond motifs is 1. The highest BCUT2D eigenvalue weighted by molar-refractivity contribution is 9.10. The molecule has 0 bridgehead atoms. The van der Waals surface area contributed by atoms with Crippen LogP contribution in [0.15, 0.2) is 47.1 Å². The first kappa shape index (κ1) is 12.6. The Morgan fingerprint density at radius 3 is 2.55 bits per heavy atom. The predicted octanol–water partition coefficient (Wildman–Crippen LogP) is 3.25. The Kier molecular flexibility index (Phi) is 2.90. The first-order chi connectivity index (χ1) is 9.58. The highest BCUT2D eigenvalue weighted by Gasteiger charge is 2.14. The summed E-state index contributed by atoms with van der Waals surface area (Å²) in [5, 5.41) is 10.7. The van der Waals surface area contributed by atoms with Crippen molar-refractivity contribution in [3.05, 3.63) is 57.2 Å². The van der Waals surface area contributed by atoms with E-state index in [-0.39, 0.29) is 5.69 Å². The number of anilines is 1. The van der Waals surface area contributed by atoms with Gasteiger partial charge in [0, 0.05) is 23.9 Å². The van der Waals surface area contributed by atoms with E-state index < -0.39 is 4.92 Å². The molecule has 2 aromatic heterocycles. The number of rotatable bonds is 2. The van der Waals surface area contributed by atoms with E-state index in [0.717, 1.165) is 10.0 Å². The minimum absolute atomic E-state index is 0.0391. The molecule has 0 aliphatic rings. The van der Waals surface area contributed by atoms with Crippen molar-refractivity contribution in [3.63, 3.8) is 0 Å². The minimum Gasteiger partial charge on any atom is -0.383 e. The molecule has 3 aromatic rings. The quantitative estimate of drug-likeness (QED) is 0.576. The van der Waals surface area contributed by atoms with Gasteiger partial charge in [0.05, 0.1) is 9.40 Å². The molecule has 0 aliphatic carbocycles. The molecule has 0 aliphatic heterocycles. The molecule has 100 valence electrons. The molecule has 0 fully saturated rings. The van der Waals surface area contributed by atoms with Crippen LogP contribution in [0.5, 0.6) is 0 Å². The van der Waals surface area contributed by atoms with Gasteiger partial charge in [0.25, 0.3) is 5.69 Å². The maximum Gasteiger partial charge on any atom is 0.269 e. The molecule has 0 unspecified atom stereocenters. The molecule has 7 heteroatoms. The summed E-state index contributed by atoms with van der Waals surface area (Å²) in [6, 6.07) is 9.89. The molecule has 3 rings (SSSR count). The number of hydrogen-bond acceptors (Lipinski definition) is 4. The Morgan fingerprint density at radius 1 is 1.25 bits per heavy atom. The average molecular weight is 333 g/mol. The molecule has 0 spiro atoms. The van der Waals surface area contributed by atoms with Crippen LogP contribution in [0.2, 0.25) is 0 Å². The summed E-state index contributed by atoms with van der Waals surface area (Å²) in [6.07, 6.45) is 1.82. The largest absolute Gasteiger partial charge is 0.383 e. The van der Waals surface area contributed by atoms with Gasteiger partial charge >= 0.3 is 0 Å². The van der Waals surface area contributed by atoms with Gasteiger partial charge in [0.2, 0.25) is 0 Å². The first-order valence-electron chi connectivity index (χ1n) is 5.75. The van der Waals surface area contributed by atoms with Crippen LogP contribution in [0.3, 0.4) is 0 Å². The zero-order chi connectivity index (χ0) is 14.3. The zero-order valence-electron chi connectivity index (χ0n) is 10.2. The molecule has 2 N–H and O–H groups in total. The molecule has 6 nitrogen and oxygen atoms in total. The third kappa shape index (κ3) is 1.92. The van der Waals surface area contributed by atoms with Crippen molar-refractivity contribution in [2.45, 2.75) is 0 Å². The molecular formula is C13H9BrN4O2. The smallest absolute Gasteiger partial charge is 0.269 e. The second-order valence-corrected chi connectivity index (χ2v) is 5.05. The van der Waals surface area contributed by atoms with E-state index in [4.69, 9.17) is 5.73 Å². The number of nitrogens with zero attached hydrogens (tertiary/aromatic N) is 3. The second-order valence-electron chi connectivity index (χ2n) is 4.20. The Hall–Kier alpha value is -2.41. The summed E-state index contributed by atoms with van der Waals surface area (Å²) in [5.74, 6) is 0.496. The lowest BCUT2D eigenvalue weighted by Gasteiger charge is -1.99. The Balaban J connectivity index is 2.17. The zero-order valence-corrected chi connectivity index (χ0v) is 11.7. The van der Waals surface area contributed by atoms with Gasteiger partial charge in [0.15, 0.2) is 5.65 Å². The van der Waals surface area contributed by atoms with Crippen LogP contribution in [0, 0.1) is 10.1 Å². The third-order valence-corrected chi connectivity index (χ3v) is 3.61. The number of nitro groups is 1. The highest BCUT2D eigenvalue weighted by Crippen LogP contribution is 2.30. The van der Waals surface area contributed by atoms with Crippen LogP contribution in [0.1, 0.15) is 0 Å². The predicted molar refractivity (Wildman–Crippen MR) is 79.4 cm³/mol. The molecule has 0 atom stereocenters. The molecule has 20 heavy (non-hydrogen) atoms. The van der Waals surface area contributed by atoms with Gasteiger partial charge in [-0.25, -0.2) is 4.98 Å². The molecular weight excluding hydrogens is 324 g/mol. The summed E-state index contributed by atoms with van der Waals surface area (Å²) >= 11 is 3.42. The Labute approximate surface area is 122 Å². The standard InChI is InChI=1S/C13H9BrN4O2/c14-10-2-1-7-17-12(15)11(16-13(10)17)8-3-5-9(6-4-8)18(19)20/h1-7H,15H2. The summed E-state index contributed by atoms with van der Waals surface area (Å²) in [6.45, 7) is 0. The van der Waals surface area contributed by atoms with Crippen LogP contribution in [0.25, 0.3) is 16.9 Å². The SMILES string of the molecule is Nc1c(-c2ccc([N+](=O)[O-])cc2)nc2c(Br)cccn12. The van der Waals surface area contributed by atoms with Crippen LogP contribution < -0.4 is 5.73 Å². The van der Waals surface area contributed by atoms with Gasteiger partial charge in [-0.1, -0.05) is 0 Å². The number of benzene rings is 1. The molecule has 0 saturated carbocycles. The number of nitro benzene ring substituents is 1. The number of nitrogen functional groups attached to an aromatic ring is 1. The van der Waals surface area contributed by atoms with Crippen molar-refractivity contribution in [1.82, 2.24) is 9.38 Å². The Morgan fingerprint density at radius 2 is 1.95 bits per heavy atom. The maximum absolute atomic E-state index is 10.7. The molecule has 0 radical (unpaired) electrons. The van der Waals surface area contributed by atoms with Crippen LogP contribution in [-0.2, 0) is 0 Å². The van der Waals surface area contributed by atoms with Gasteiger partial charge in [-0.05, 0) is 40.2 Å². The van der Waals surface area contributed by atoms with Crippen LogP contribution >= 0.6 is 15.9 Å². The lowest BCUT2D eigenvalue weighted by Crippen LogP contribution is -1.94. The maximum atomic E-state index is 10.7. The van der Waals surface area contributed by atoms with Crippen molar-refractivity contribution in [3.8, 4) is 11.3 Å². The number of pyridine rings is 1. The number of halogens is 1. The van der Waals surface area contributed by atoms with Crippen molar-refractivity contribution in [2.75, 3.05) is 5.73 Å². The van der Waals surface area contributed by atoms with Gasteiger partial charge in [-0.2, -0.15) is 0 Å². The minimum atomic E-state index is -0.437. The summed E-state index contributed by atoms with van der Waals surface area (Å²) in [4.78, 5) is 14.7. The van der Waals surface area contributed by atoms with Gasteiger partial charge < -0.3 is 5.73 Å². The number of non-ortho nitro benzene ring substituents is 1. The number of aromatic nitrogens is 2. The van der Waals surface area contributed by atoms with E-state index in [2.05, 4.69) is 20.9 Å². The monoisotopic (exact) mass is 332 g/mol. The lowest BCUT2D eigenvalue weighted by atomic mass is 10.1. The van der Waals surface area contributed by atoms with Crippen molar-refractivity contribution < 1.29 is 4.92 Å². The van der Waals surface area contributed by atoms with Crippen LogP contribution in [-0.4, -0.2) is 14.3 Å². The van der Waals surface area contributed by atoms with E-state index in [0.29, 0.717) is 17.2 Å².